The highest BCUT2D eigenvalue weighted by atomic mass is 32.1. The lowest BCUT2D eigenvalue weighted by atomic mass is 10.1. The smallest absolute Gasteiger partial charge is 0.246 e. The molecule has 1 amide bonds. The molecule has 1 atom stereocenters. The fourth-order valence-electron chi connectivity index (χ4n) is 4.52. The number of methoxy groups -OCH3 is 2. The van der Waals surface area contributed by atoms with E-state index in [9.17, 15) is 13.6 Å². The van der Waals surface area contributed by atoms with Gasteiger partial charge in [-0.1, -0.05) is 6.58 Å². The Bertz CT molecular complexity index is 1500. The number of thiazole rings is 1. The number of halogens is 2. The van der Waals surface area contributed by atoms with Crippen molar-refractivity contribution in [3.05, 3.63) is 53.7 Å². The van der Waals surface area contributed by atoms with Gasteiger partial charge in [0.1, 0.15) is 22.8 Å². The fraction of sp³-hybridized carbons (Fsp3) is 0.280. The van der Waals surface area contributed by atoms with Gasteiger partial charge >= 0.3 is 0 Å². The third kappa shape index (κ3) is 4.28. The zero-order valence-corrected chi connectivity index (χ0v) is 21.4. The molecule has 0 saturated carbocycles. The SMILES string of the molecule is C=CC(=O)N1CCC(n2nc(OCc3c(F)c(OC)cc(OC)c3F)c3c(N)ncc(-c4nccs4)c32)C1. The maximum atomic E-state index is 15.0. The molecule has 0 aliphatic carbocycles. The lowest BCUT2D eigenvalue weighted by Gasteiger charge is -2.16. The van der Waals surface area contributed by atoms with Crippen molar-refractivity contribution < 1.29 is 27.8 Å². The minimum Gasteiger partial charge on any atom is -0.494 e. The number of likely N-dealkylation sites (tertiary alicyclic amines) is 1. The molecular formula is C25H24F2N6O4S. The predicted molar refractivity (Wildman–Crippen MR) is 137 cm³/mol. The first-order chi connectivity index (χ1) is 18.4. The normalized spacial score (nSPS) is 15.2. The van der Waals surface area contributed by atoms with Crippen molar-refractivity contribution >= 4 is 34.0 Å². The molecule has 13 heteroatoms. The molecule has 1 saturated heterocycles. The van der Waals surface area contributed by atoms with Gasteiger partial charge in [-0.25, -0.2) is 18.7 Å². The van der Waals surface area contributed by atoms with Gasteiger partial charge in [0.15, 0.2) is 23.1 Å². The molecule has 1 aliphatic rings. The number of benzene rings is 1. The summed E-state index contributed by atoms with van der Waals surface area (Å²) in [6.07, 6.45) is 5.16. The van der Waals surface area contributed by atoms with Crippen LogP contribution in [0.5, 0.6) is 17.4 Å². The van der Waals surface area contributed by atoms with Crippen LogP contribution in [0, 0.1) is 11.6 Å². The molecule has 4 aromatic rings. The number of fused-ring (bicyclic) bond motifs is 1. The van der Waals surface area contributed by atoms with Crippen LogP contribution < -0.4 is 19.9 Å². The number of nitrogen functional groups attached to an aromatic ring is 1. The fourth-order valence-corrected chi connectivity index (χ4v) is 5.16. The van der Waals surface area contributed by atoms with E-state index in [2.05, 4.69) is 21.6 Å². The van der Waals surface area contributed by atoms with Gasteiger partial charge in [0.2, 0.25) is 11.8 Å². The van der Waals surface area contributed by atoms with Crippen molar-refractivity contribution in [2.24, 2.45) is 0 Å². The first-order valence-corrected chi connectivity index (χ1v) is 12.4. The van der Waals surface area contributed by atoms with Crippen LogP contribution in [0.3, 0.4) is 0 Å². The van der Waals surface area contributed by atoms with Gasteiger partial charge in [0.05, 0.1) is 36.9 Å². The molecule has 1 aromatic carbocycles. The maximum Gasteiger partial charge on any atom is 0.246 e. The highest BCUT2D eigenvalue weighted by Crippen LogP contribution is 2.40. The highest BCUT2D eigenvalue weighted by molar-refractivity contribution is 7.13. The lowest BCUT2D eigenvalue weighted by Crippen LogP contribution is -2.27. The van der Waals surface area contributed by atoms with Crippen LogP contribution in [0.15, 0.2) is 36.5 Å². The summed E-state index contributed by atoms with van der Waals surface area (Å²) in [4.78, 5) is 22.6. The number of nitrogens with zero attached hydrogens (tertiary/aromatic N) is 5. The van der Waals surface area contributed by atoms with E-state index in [0.29, 0.717) is 41.0 Å². The minimum absolute atomic E-state index is 0.0393. The average Bonchev–Trinajstić information content (AvgIpc) is 3.69. The average molecular weight is 543 g/mol. The predicted octanol–water partition coefficient (Wildman–Crippen LogP) is 3.97. The second kappa shape index (κ2) is 10.2. The molecule has 2 N–H and O–H groups in total. The van der Waals surface area contributed by atoms with Crippen LogP contribution >= 0.6 is 11.3 Å². The topological polar surface area (TPSA) is 118 Å². The van der Waals surface area contributed by atoms with Gasteiger partial charge in [0, 0.05) is 36.9 Å². The van der Waals surface area contributed by atoms with Crippen LogP contribution in [0.25, 0.3) is 21.5 Å². The number of nitrogens with two attached hydrogens (primary N) is 1. The van der Waals surface area contributed by atoms with E-state index in [1.807, 2.05) is 5.38 Å². The Hall–Kier alpha value is -4.26. The van der Waals surface area contributed by atoms with Gasteiger partial charge < -0.3 is 24.8 Å². The van der Waals surface area contributed by atoms with Crippen LogP contribution in [0.1, 0.15) is 18.0 Å². The first-order valence-electron chi connectivity index (χ1n) is 11.6. The summed E-state index contributed by atoms with van der Waals surface area (Å²) in [5, 5.41) is 7.55. The molecule has 0 spiro atoms. The van der Waals surface area contributed by atoms with Gasteiger partial charge in [-0.15, -0.1) is 16.4 Å². The molecule has 0 radical (unpaired) electrons. The van der Waals surface area contributed by atoms with E-state index < -0.39 is 23.8 Å². The van der Waals surface area contributed by atoms with E-state index in [1.165, 1.54) is 31.6 Å². The van der Waals surface area contributed by atoms with E-state index in [-0.39, 0.29) is 35.1 Å². The molecule has 5 rings (SSSR count). The number of aromatic nitrogens is 4. The second-order valence-electron chi connectivity index (χ2n) is 8.47. The Labute approximate surface area is 220 Å². The van der Waals surface area contributed by atoms with E-state index in [1.54, 1.807) is 22.0 Å². The van der Waals surface area contributed by atoms with Crippen molar-refractivity contribution in [2.75, 3.05) is 33.0 Å². The minimum atomic E-state index is -0.918. The highest BCUT2D eigenvalue weighted by Gasteiger charge is 2.31. The quantitative estimate of drug-likeness (QED) is 0.333. The number of pyridine rings is 1. The molecule has 4 heterocycles. The second-order valence-corrected chi connectivity index (χ2v) is 9.37. The van der Waals surface area contributed by atoms with Gasteiger partial charge in [-0.2, -0.15) is 0 Å². The van der Waals surface area contributed by atoms with Crippen LogP contribution in [-0.2, 0) is 11.4 Å². The molecule has 1 fully saturated rings. The van der Waals surface area contributed by atoms with Gasteiger partial charge in [-0.3, -0.25) is 9.48 Å². The molecule has 1 unspecified atom stereocenters. The Morgan fingerprint density at radius 2 is 2.00 bits per heavy atom. The number of amides is 1. The molecular weight excluding hydrogens is 518 g/mol. The Morgan fingerprint density at radius 3 is 2.63 bits per heavy atom. The van der Waals surface area contributed by atoms with E-state index in [4.69, 9.17) is 19.9 Å². The molecule has 38 heavy (non-hydrogen) atoms. The first kappa shape index (κ1) is 25.4. The lowest BCUT2D eigenvalue weighted by molar-refractivity contribution is -0.125. The molecule has 3 aromatic heterocycles. The van der Waals surface area contributed by atoms with Crippen LogP contribution in [0.4, 0.5) is 14.6 Å². The van der Waals surface area contributed by atoms with Crippen molar-refractivity contribution in [2.45, 2.75) is 19.1 Å². The molecule has 198 valence electrons. The number of hydrogen-bond donors (Lipinski definition) is 1. The number of carbonyl (C=O) groups is 1. The summed E-state index contributed by atoms with van der Waals surface area (Å²) in [5.41, 5.74) is 7.16. The molecule has 1 aliphatic heterocycles. The summed E-state index contributed by atoms with van der Waals surface area (Å²) in [7, 11) is 2.54. The standard InChI is InChI=1S/C25H24F2N6O4S/c1-4-18(34)32-7-5-13(11-32)33-22-14(25-29-6-8-38-25)10-30-23(28)19(22)24(31-33)37-12-15-20(26)16(35-2)9-17(36-3)21(15)27/h4,6,8-10,13H,1,5,7,11-12H2,2-3H3,(H2,28,30). The maximum absolute atomic E-state index is 15.0. The van der Waals surface area contributed by atoms with E-state index >= 15 is 0 Å². The zero-order chi connectivity index (χ0) is 27.0. The summed E-state index contributed by atoms with van der Waals surface area (Å²) in [5.74, 6) is -2.23. The Morgan fingerprint density at radius 1 is 1.26 bits per heavy atom. The van der Waals surface area contributed by atoms with Crippen LogP contribution in [-0.4, -0.2) is 57.9 Å². The molecule has 10 nitrogen and oxygen atoms in total. The molecule has 0 bridgehead atoms. The number of rotatable bonds is 8. The van der Waals surface area contributed by atoms with Crippen molar-refractivity contribution in [3.8, 4) is 28.0 Å². The van der Waals surface area contributed by atoms with Gasteiger partial charge in [0.25, 0.3) is 0 Å². The summed E-state index contributed by atoms with van der Waals surface area (Å²) >= 11 is 1.41. The summed E-state index contributed by atoms with van der Waals surface area (Å²) in [6, 6.07) is 0.904. The number of carbonyl (C=O) groups excluding carboxylic acids is 1. The van der Waals surface area contributed by atoms with Crippen molar-refractivity contribution in [3.63, 3.8) is 0 Å². The van der Waals surface area contributed by atoms with Crippen molar-refractivity contribution in [1.82, 2.24) is 24.6 Å². The van der Waals surface area contributed by atoms with Gasteiger partial charge in [-0.05, 0) is 12.5 Å². The number of ether oxygens (including phenoxy) is 3. The third-order valence-electron chi connectivity index (χ3n) is 6.40. The zero-order valence-electron chi connectivity index (χ0n) is 20.6. The monoisotopic (exact) mass is 542 g/mol. The van der Waals surface area contributed by atoms with E-state index in [0.717, 1.165) is 6.07 Å². The number of anilines is 1. The Balaban J connectivity index is 1.61. The van der Waals surface area contributed by atoms with Crippen molar-refractivity contribution in [1.29, 1.82) is 0 Å². The van der Waals surface area contributed by atoms with Crippen LogP contribution in [0.2, 0.25) is 0 Å². The largest absolute Gasteiger partial charge is 0.494 e. The summed E-state index contributed by atoms with van der Waals surface area (Å²) < 4.78 is 47.6. The summed E-state index contributed by atoms with van der Waals surface area (Å²) in [6.45, 7) is 3.94. The Kier molecular flexibility index (Phi) is 6.85. The number of hydrogen-bond acceptors (Lipinski definition) is 9. The third-order valence-corrected chi connectivity index (χ3v) is 7.20.